The van der Waals surface area contributed by atoms with Crippen LogP contribution in [0, 0.1) is 0 Å². The Morgan fingerprint density at radius 3 is 3.00 bits per heavy atom. The Morgan fingerprint density at radius 1 is 1.45 bits per heavy atom. The second-order valence-electron chi connectivity index (χ2n) is 5.64. The first kappa shape index (κ1) is 14.3. The molecule has 0 spiro atoms. The number of aromatic amines is 1. The van der Waals surface area contributed by atoms with Crippen molar-refractivity contribution in [2.45, 2.75) is 12.5 Å². The molecule has 2 heterocycles. The minimum absolute atomic E-state index is 0.114. The van der Waals surface area contributed by atoms with Gasteiger partial charge in [-0.15, -0.1) is 0 Å². The number of hydrogen-bond donors (Lipinski definition) is 3. The minimum atomic E-state index is -1.16. The number of carbonyl (C=O) groups excluding carboxylic acids is 1. The number of hydrogen-bond acceptors (Lipinski definition) is 3. The van der Waals surface area contributed by atoms with Gasteiger partial charge in [0.05, 0.1) is 12.7 Å². The van der Waals surface area contributed by atoms with Crippen molar-refractivity contribution >= 4 is 16.8 Å². The lowest BCUT2D eigenvalue weighted by molar-refractivity contribution is 0.0526. The average Bonchev–Trinajstić information content (AvgIpc) is 3.12. The zero-order valence-corrected chi connectivity index (χ0v) is 12.5. The van der Waals surface area contributed by atoms with Crippen molar-refractivity contribution in [1.29, 1.82) is 0 Å². The lowest BCUT2D eigenvalue weighted by Gasteiger charge is -2.22. The van der Waals surface area contributed by atoms with Crippen molar-refractivity contribution in [3.63, 3.8) is 0 Å². The molecule has 114 valence electrons. The van der Waals surface area contributed by atoms with Gasteiger partial charge in [-0.25, -0.2) is 0 Å². The van der Waals surface area contributed by atoms with Gasteiger partial charge in [0.25, 0.3) is 5.91 Å². The molecule has 3 rings (SSSR count). The molecule has 3 N–H and O–H groups in total. The molecule has 6 heteroatoms. The number of nitrogens with one attached hydrogen (secondary N) is 2. The van der Waals surface area contributed by atoms with Gasteiger partial charge in [0.1, 0.15) is 5.60 Å². The van der Waals surface area contributed by atoms with Crippen LogP contribution in [0.25, 0.3) is 10.9 Å². The maximum atomic E-state index is 12.2. The maximum Gasteiger partial charge on any atom is 0.251 e. The highest BCUT2D eigenvalue weighted by atomic mass is 16.3. The van der Waals surface area contributed by atoms with E-state index in [9.17, 15) is 9.90 Å². The summed E-state index contributed by atoms with van der Waals surface area (Å²) in [4.78, 5) is 15.3. The van der Waals surface area contributed by atoms with E-state index in [-0.39, 0.29) is 12.5 Å². The summed E-state index contributed by atoms with van der Waals surface area (Å²) < 4.78 is 1.62. The van der Waals surface area contributed by atoms with Gasteiger partial charge in [-0.1, -0.05) is 0 Å². The summed E-state index contributed by atoms with van der Waals surface area (Å²) in [5, 5.41) is 18.2. The van der Waals surface area contributed by atoms with Gasteiger partial charge < -0.3 is 15.4 Å². The van der Waals surface area contributed by atoms with Gasteiger partial charge in [0, 0.05) is 41.5 Å². The molecule has 1 unspecified atom stereocenters. The second-order valence-corrected chi connectivity index (χ2v) is 5.64. The Bertz CT molecular complexity index is 816. The Morgan fingerprint density at radius 2 is 2.27 bits per heavy atom. The molecule has 0 saturated heterocycles. The summed E-state index contributed by atoms with van der Waals surface area (Å²) >= 11 is 0. The van der Waals surface area contributed by atoms with Crippen LogP contribution < -0.4 is 5.32 Å². The number of aromatic nitrogens is 3. The number of fused-ring (bicyclic) bond motifs is 1. The van der Waals surface area contributed by atoms with Gasteiger partial charge in [-0.05, 0) is 31.2 Å². The fourth-order valence-corrected chi connectivity index (χ4v) is 2.35. The highest BCUT2D eigenvalue weighted by molar-refractivity contribution is 5.98. The van der Waals surface area contributed by atoms with Crippen molar-refractivity contribution in [1.82, 2.24) is 20.1 Å². The third-order valence-electron chi connectivity index (χ3n) is 3.74. The topological polar surface area (TPSA) is 82.9 Å². The van der Waals surface area contributed by atoms with E-state index in [1.165, 1.54) is 0 Å². The molecule has 6 nitrogen and oxygen atoms in total. The molecule has 1 atom stereocenters. The number of carbonyl (C=O) groups is 1. The molecule has 22 heavy (non-hydrogen) atoms. The lowest BCUT2D eigenvalue weighted by Crippen LogP contribution is -2.38. The molecule has 0 aliphatic carbocycles. The van der Waals surface area contributed by atoms with Gasteiger partial charge >= 0.3 is 0 Å². The molecule has 3 aromatic rings. The third-order valence-corrected chi connectivity index (χ3v) is 3.74. The van der Waals surface area contributed by atoms with Crippen LogP contribution in [0.5, 0.6) is 0 Å². The summed E-state index contributed by atoms with van der Waals surface area (Å²) in [6.07, 6.45) is 5.16. The van der Waals surface area contributed by atoms with Gasteiger partial charge in [0.15, 0.2) is 0 Å². The quantitative estimate of drug-likeness (QED) is 0.683. The average molecular weight is 298 g/mol. The van der Waals surface area contributed by atoms with E-state index in [4.69, 9.17) is 0 Å². The molecule has 0 fully saturated rings. The van der Waals surface area contributed by atoms with Crippen LogP contribution in [0.3, 0.4) is 0 Å². The molecule has 1 aromatic carbocycles. The Hall–Kier alpha value is -2.60. The minimum Gasteiger partial charge on any atom is -0.383 e. The first-order chi connectivity index (χ1) is 10.5. The summed E-state index contributed by atoms with van der Waals surface area (Å²) in [5.41, 5.74) is 1.05. The highest BCUT2D eigenvalue weighted by Gasteiger charge is 2.25. The van der Waals surface area contributed by atoms with Crippen LogP contribution in [-0.2, 0) is 12.6 Å². The summed E-state index contributed by atoms with van der Waals surface area (Å²) in [7, 11) is 1.78. The smallest absolute Gasteiger partial charge is 0.251 e. The number of rotatable bonds is 4. The lowest BCUT2D eigenvalue weighted by atomic mass is 9.99. The Labute approximate surface area is 127 Å². The first-order valence-electron chi connectivity index (χ1n) is 7.02. The molecule has 0 saturated carbocycles. The van der Waals surface area contributed by atoms with Crippen molar-refractivity contribution in [2.24, 2.45) is 7.05 Å². The van der Waals surface area contributed by atoms with E-state index in [1.54, 1.807) is 37.1 Å². The van der Waals surface area contributed by atoms with E-state index in [1.807, 2.05) is 24.4 Å². The molecule has 0 radical (unpaired) electrons. The summed E-state index contributed by atoms with van der Waals surface area (Å²) in [6, 6.07) is 7.36. The Kier molecular flexibility index (Phi) is 3.46. The van der Waals surface area contributed by atoms with E-state index < -0.39 is 5.60 Å². The van der Waals surface area contributed by atoms with Crippen LogP contribution in [-0.4, -0.2) is 32.3 Å². The van der Waals surface area contributed by atoms with Crippen LogP contribution in [0.1, 0.15) is 22.8 Å². The number of aliphatic hydroxyl groups is 1. The van der Waals surface area contributed by atoms with E-state index in [0.717, 1.165) is 10.9 Å². The van der Waals surface area contributed by atoms with Crippen molar-refractivity contribution in [3.05, 3.63) is 54.0 Å². The molecule has 0 bridgehead atoms. The monoisotopic (exact) mass is 298 g/mol. The van der Waals surface area contributed by atoms with Crippen LogP contribution >= 0.6 is 0 Å². The fourth-order valence-electron chi connectivity index (χ4n) is 2.35. The van der Waals surface area contributed by atoms with E-state index in [2.05, 4.69) is 15.4 Å². The maximum absolute atomic E-state index is 12.2. The van der Waals surface area contributed by atoms with Gasteiger partial charge in [0.2, 0.25) is 0 Å². The van der Waals surface area contributed by atoms with Crippen LogP contribution in [0.15, 0.2) is 42.9 Å². The molecular weight excluding hydrogens is 280 g/mol. The van der Waals surface area contributed by atoms with Crippen LogP contribution in [0.4, 0.5) is 0 Å². The van der Waals surface area contributed by atoms with Crippen molar-refractivity contribution in [2.75, 3.05) is 6.54 Å². The molecule has 1 amide bonds. The number of amides is 1. The highest BCUT2D eigenvalue weighted by Crippen LogP contribution is 2.19. The zero-order valence-electron chi connectivity index (χ0n) is 12.5. The summed E-state index contributed by atoms with van der Waals surface area (Å²) in [6.45, 7) is 1.77. The largest absolute Gasteiger partial charge is 0.383 e. The zero-order chi connectivity index (χ0) is 15.7. The Balaban J connectivity index is 1.71. The molecular formula is C16H18N4O2. The number of aryl methyl sites for hydroxylation is 1. The van der Waals surface area contributed by atoms with Crippen LogP contribution in [0.2, 0.25) is 0 Å². The standard InChI is InChI=1S/C16H18N4O2/c1-16(22,13-8-19-20(2)9-13)10-18-15(21)12-3-4-14-11(7-12)5-6-17-14/h3-9,17,22H,10H2,1-2H3,(H,18,21). The number of H-pyrrole nitrogens is 1. The fraction of sp³-hybridized carbons (Fsp3) is 0.250. The van der Waals surface area contributed by atoms with E-state index in [0.29, 0.717) is 11.1 Å². The SMILES string of the molecule is Cn1cc(C(C)(O)CNC(=O)c2ccc3[nH]ccc3c2)cn1. The predicted octanol–water partition coefficient (Wildman–Crippen LogP) is 1.54. The normalized spacial score (nSPS) is 14.0. The summed E-state index contributed by atoms with van der Waals surface area (Å²) in [5.74, 6) is -0.215. The number of nitrogens with zero attached hydrogens (tertiary/aromatic N) is 2. The second kappa shape index (κ2) is 5.31. The molecule has 0 aliphatic rings. The number of benzene rings is 1. The van der Waals surface area contributed by atoms with Crippen molar-refractivity contribution in [3.8, 4) is 0 Å². The molecule has 2 aromatic heterocycles. The predicted molar refractivity (Wildman–Crippen MR) is 83.4 cm³/mol. The molecule has 0 aliphatic heterocycles. The van der Waals surface area contributed by atoms with E-state index >= 15 is 0 Å². The third kappa shape index (κ3) is 2.73. The first-order valence-corrected chi connectivity index (χ1v) is 7.02. The van der Waals surface area contributed by atoms with Crippen molar-refractivity contribution < 1.29 is 9.90 Å². The van der Waals surface area contributed by atoms with Gasteiger partial charge in [-0.3, -0.25) is 9.48 Å². The van der Waals surface area contributed by atoms with Gasteiger partial charge in [-0.2, -0.15) is 5.10 Å².